The number of fused-ring (bicyclic) bond motifs is 3. The highest BCUT2D eigenvalue weighted by molar-refractivity contribution is 6.34. The number of ether oxygens (including phenoxy) is 1. The summed E-state index contributed by atoms with van der Waals surface area (Å²) in [5.74, 6) is -1.85. The van der Waals surface area contributed by atoms with E-state index in [4.69, 9.17) is 16.3 Å². The molecule has 34 heavy (non-hydrogen) atoms. The Morgan fingerprint density at radius 2 is 1.56 bits per heavy atom. The van der Waals surface area contributed by atoms with E-state index in [9.17, 15) is 19.5 Å². The molecule has 0 unspecified atom stereocenters. The van der Waals surface area contributed by atoms with Gasteiger partial charge in [0.2, 0.25) is 5.91 Å². The summed E-state index contributed by atoms with van der Waals surface area (Å²) in [7, 11) is 0. The molecule has 2 amide bonds. The molecule has 7 nitrogen and oxygen atoms in total. The number of carbonyl (C=O) groups is 3. The van der Waals surface area contributed by atoms with E-state index in [-0.39, 0.29) is 28.8 Å². The molecular weight excluding hydrogens is 456 g/mol. The number of hydrogen-bond donors (Lipinski definition) is 3. The molecule has 0 spiro atoms. The van der Waals surface area contributed by atoms with Crippen molar-refractivity contribution in [3.8, 4) is 11.1 Å². The van der Waals surface area contributed by atoms with Crippen molar-refractivity contribution in [2.75, 3.05) is 11.9 Å². The molecule has 2 aliphatic rings. The molecule has 0 aliphatic heterocycles. The van der Waals surface area contributed by atoms with Crippen LogP contribution in [0, 0.1) is 0 Å². The van der Waals surface area contributed by atoms with Crippen molar-refractivity contribution in [2.24, 2.45) is 0 Å². The fourth-order valence-electron chi connectivity index (χ4n) is 4.45. The van der Waals surface area contributed by atoms with Crippen LogP contribution in [-0.2, 0) is 9.53 Å². The number of nitrogens with one attached hydrogen (secondary N) is 2. The number of rotatable bonds is 6. The van der Waals surface area contributed by atoms with Gasteiger partial charge in [0.15, 0.2) is 0 Å². The largest absolute Gasteiger partial charge is 0.478 e. The molecule has 8 heteroatoms. The molecular formula is C26H21ClN2O5. The molecule has 3 aromatic carbocycles. The Labute approximate surface area is 200 Å². The quantitative estimate of drug-likeness (QED) is 0.462. The number of aromatic carboxylic acids is 1. The van der Waals surface area contributed by atoms with Gasteiger partial charge >= 0.3 is 12.1 Å². The fourth-order valence-corrected chi connectivity index (χ4v) is 4.71. The van der Waals surface area contributed by atoms with Crippen molar-refractivity contribution in [2.45, 2.75) is 24.3 Å². The van der Waals surface area contributed by atoms with Crippen LogP contribution in [0.2, 0.25) is 5.02 Å². The third-order valence-corrected chi connectivity index (χ3v) is 6.66. The van der Waals surface area contributed by atoms with Crippen LogP contribution in [-0.4, -0.2) is 35.2 Å². The van der Waals surface area contributed by atoms with Crippen LogP contribution >= 0.6 is 11.6 Å². The summed E-state index contributed by atoms with van der Waals surface area (Å²) in [4.78, 5) is 37.1. The van der Waals surface area contributed by atoms with E-state index >= 15 is 0 Å². The molecule has 0 saturated heterocycles. The predicted octanol–water partition coefficient (Wildman–Crippen LogP) is 5.05. The summed E-state index contributed by atoms with van der Waals surface area (Å²) in [5.41, 5.74) is 3.18. The van der Waals surface area contributed by atoms with E-state index in [2.05, 4.69) is 22.8 Å². The average molecular weight is 477 g/mol. The highest BCUT2D eigenvalue weighted by Crippen LogP contribution is 2.44. The molecule has 0 heterocycles. The number of amides is 2. The van der Waals surface area contributed by atoms with Crippen LogP contribution in [0.15, 0.2) is 66.7 Å². The highest BCUT2D eigenvalue weighted by Gasteiger charge is 2.52. The van der Waals surface area contributed by atoms with E-state index < -0.39 is 23.5 Å². The van der Waals surface area contributed by atoms with Crippen molar-refractivity contribution >= 4 is 35.3 Å². The van der Waals surface area contributed by atoms with Crippen molar-refractivity contribution in [3.63, 3.8) is 0 Å². The molecule has 0 radical (unpaired) electrons. The molecule has 3 N–H and O–H groups in total. The van der Waals surface area contributed by atoms with Gasteiger partial charge in [0.25, 0.3) is 0 Å². The number of carboxylic acid groups (broad SMARTS) is 1. The van der Waals surface area contributed by atoms with Gasteiger partial charge in [0.1, 0.15) is 17.7 Å². The Hall–Kier alpha value is -3.84. The summed E-state index contributed by atoms with van der Waals surface area (Å²) in [6, 6.07) is 20.5. The van der Waals surface area contributed by atoms with E-state index in [0.29, 0.717) is 12.8 Å². The zero-order chi connectivity index (χ0) is 23.9. The molecule has 0 bridgehead atoms. The number of anilines is 1. The van der Waals surface area contributed by atoms with Crippen LogP contribution in [0.4, 0.5) is 10.5 Å². The van der Waals surface area contributed by atoms with Gasteiger partial charge < -0.3 is 20.5 Å². The molecule has 0 atom stereocenters. The Kier molecular flexibility index (Phi) is 5.49. The number of hydrogen-bond acceptors (Lipinski definition) is 4. The molecule has 172 valence electrons. The van der Waals surface area contributed by atoms with Crippen molar-refractivity contribution < 1.29 is 24.2 Å². The van der Waals surface area contributed by atoms with E-state index in [0.717, 1.165) is 22.3 Å². The van der Waals surface area contributed by atoms with Crippen LogP contribution < -0.4 is 10.6 Å². The second kappa shape index (κ2) is 8.50. The third-order valence-electron chi connectivity index (χ3n) is 6.35. The minimum absolute atomic E-state index is 0.0136. The Balaban J connectivity index is 1.26. The summed E-state index contributed by atoms with van der Waals surface area (Å²) in [6.07, 6.45) is 0.150. The second-order valence-corrected chi connectivity index (χ2v) is 8.86. The molecule has 5 rings (SSSR count). The van der Waals surface area contributed by atoms with Crippen molar-refractivity contribution in [1.82, 2.24) is 5.32 Å². The predicted molar refractivity (Wildman–Crippen MR) is 127 cm³/mol. The maximum Gasteiger partial charge on any atom is 0.408 e. The lowest BCUT2D eigenvalue weighted by Crippen LogP contribution is -2.46. The van der Waals surface area contributed by atoms with Crippen LogP contribution in [0.5, 0.6) is 0 Å². The van der Waals surface area contributed by atoms with E-state index in [1.165, 1.54) is 12.1 Å². The Morgan fingerprint density at radius 1 is 0.941 bits per heavy atom. The lowest BCUT2D eigenvalue weighted by Gasteiger charge is -2.19. The standard InChI is InChI=1S/C26H21ClN2O5/c27-20-10-5-11-21(22(20)23(30)31)28-24(32)26(12-13-26)29-25(33)34-14-19-17-8-3-1-6-15(17)16-7-2-4-9-18(16)19/h1-11,19H,12-14H2,(H,28,32)(H,29,33)(H,30,31). The number of alkyl carbamates (subject to hydrolysis) is 1. The second-order valence-electron chi connectivity index (χ2n) is 8.45. The normalized spacial score (nSPS) is 15.1. The van der Waals surface area contributed by atoms with E-state index in [1.54, 1.807) is 6.07 Å². The van der Waals surface area contributed by atoms with Gasteiger partial charge in [-0.15, -0.1) is 0 Å². The van der Waals surface area contributed by atoms with Gasteiger partial charge in [-0.3, -0.25) is 4.79 Å². The van der Waals surface area contributed by atoms with Gasteiger partial charge in [-0.05, 0) is 47.2 Å². The SMILES string of the molecule is O=C(NC1(C(=O)Nc2cccc(Cl)c2C(=O)O)CC1)OCC1c2ccccc2-c2ccccc21. The zero-order valence-electron chi connectivity index (χ0n) is 18.0. The summed E-state index contributed by atoms with van der Waals surface area (Å²) >= 11 is 5.98. The molecule has 1 saturated carbocycles. The van der Waals surface area contributed by atoms with Gasteiger partial charge in [0.05, 0.1) is 10.7 Å². The van der Waals surface area contributed by atoms with Crippen molar-refractivity contribution in [3.05, 3.63) is 88.4 Å². The minimum atomic E-state index is -1.25. The molecule has 0 aromatic heterocycles. The maximum absolute atomic E-state index is 12.9. The van der Waals surface area contributed by atoms with Crippen LogP contribution in [0.3, 0.4) is 0 Å². The van der Waals surface area contributed by atoms with Gasteiger partial charge in [-0.1, -0.05) is 66.2 Å². The van der Waals surface area contributed by atoms with Crippen molar-refractivity contribution in [1.29, 1.82) is 0 Å². The first-order valence-corrected chi connectivity index (χ1v) is 11.2. The lowest BCUT2D eigenvalue weighted by atomic mass is 9.98. The Morgan fingerprint density at radius 3 is 2.15 bits per heavy atom. The minimum Gasteiger partial charge on any atom is -0.478 e. The number of benzene rings is 3. The lowest BCUT2D eigenvalue weighted by molar-refractivity contribution is -0.119. The van der Waals surface area contributed by atoms with Crippen LogP contribution in [0.25, 0.3) is 11.1 Å². The van der Waals surface area contributed by atoms with E-state index in [1.807, 2.05) is 36.4 Å². The first kappa shape index (κ1) is 22.0. The topological polar surface area (TPSA) is 105 Å². The molecule has 1 fully saturated rings. The third kappa shape index (κ3) is 3.88. The highest BCUT2D eigenvalue weighted by atomic mass is 35.5. The summed E-state index contributed by atoms with van der Waals surface area (Å²) in [5, 5.41) is 14.7. The first-order chi connectivity index (χ1) is 16.4. The van der Waals surface area contributed by atoms with Gasteiger partial charge in [0, 0.05) is 5.92 Å². The molecule has 2 aliphatic carbocycles. The molecule has 3 aromatic rings. The number of halogens is 1. The summed E-state index contributed by atoms with van der Waals surface area (Å²) < 4.78 is 5.55. The summed E-state index contributed by atoms with van der Waals surface area (Å²) in [6.45, 7) is 0.134. The number of carboxylic acids is 1. The maximum atomic E-state index is 12.9. The van der Waals surface area contributed by atoms with Crippen LogP contribution in [0.1, 0.15) is 40.2 Å². The van der Waals surface area contributed by atoms with Gasteiger partial charge in [-0.2, -0.15) is 0 Å². The fraction of sp³-hybridized carbons (Fsp3) is 0.192. The van der Waals surface area contributed by atoms with Gasteiger partial charge in [-0.25, -0.2) is 9.59 Å². The average Bonchev–Trinajstić information content (AvgIpc) is 3.53. The Bertz CT molecular complexity index is 1270. The smallest absolute Gasteiger partial charge is 0.408 e. The monoisotopic (exact) mass is 476 g/mol. The first-order valence-electron chi connectivity index (χ1n) is 10.9. The zero-order valence-corrected chi connectivity index (χ0v) is 18.8. The number of carbonyl (C=O) groups excluding carboxylic acids is 2.